The Morgan fingerprint density at radius 3 is 2.78 bits per heavy atom. The zero-order valence-electron chi connectivity index (χ0n) is 14.0. The van der Waals surface area contributed by atoms with Crippen LogP contribution in [0.4, 0.5) is 0 Å². The minimum atomic E-state index is 0. The second kappa shape index (κ2) is 10.3. The lowest BCUT2D eigenvalue weighted by atomic mass is 9.99. The highest BCUT2D eigenvalue weighted by Crippen LogP contribution is 2.15. The summed E-state index contributed by atoms with van der Waals surface area (Å²) >= 11 is 0. The van der Waals surface area contributed by atoms with E-state index in [2.05, 4.69) is 70.9 Å². The maximum atomic E-state index is 4.56. The molecule has 0 aliphatic carbocycles. The molecule has 0 bridgehead atoms. The van der Waals surface area contributed by atoms with Crippen molar-refractivity contribution in [3.8, 4) is 0 Å². The Hall–Kier alpha value is -1.57. The number of hydrogen-bond acceptors (Lipinski definition) is 2. The van der Waals surface area contributed by atoms with Gasteiger partial charge in [0.15, 0.2) is 5.96 Å². The summed E-state index contributed by atoms with van der Waals surface area (Å²) in [4.78, 5) is 4.56. The number of aromatic nitrogens is 2. The topological polar surface area (TPSA) is 65.1 Å². The Morgan fingerprint density at radius 1 is 1.30 bits per heavy atom. The average molecular weight is 427 g/mol. The molecule has 0 aliphatic rings. The lowest BCUT2D eigenvalue weighted by Gasteiger charge is -2.16. The van der Waals surface area contributed by atoms with Gasteiger partial charge in [0.2, 0.25) is 0 Å². The van der Waals surface area contributed by atoms with Crippen molar-refractivity contribution in [2.24, 2.45) is 4.99 Å². The van der Waals surface area contributed by atoms with Crippen LogP contribution in [-0.4, -0.2) is 29.2 Å². The van der Waals surface area contributed by atoms with Gasteiger partial charge in [0.05, 0.1) is 12.2 Å². The molecule has 1 aromatic heterocycles. The van der Waals surface area contributed by atoms with Gasteiger partial charge in [-0.3, -0.25) is 5.10 Å². The third-order valence-corrected chi connectivity index (χ3v) is 3.50. The molecule has 0 spiro atoms. The number of aliphatic imine (C=N–C) groups is 1. The van der Waals surface area contributed by atoms with Gasteiger partial charge in [0.1, 0.15) is 0 Å². The molecule has 0 saturated heterocycles. The van der Waals surface area contributed by atoms with Crippen LogP contribution in [-0.2, 0) is 6.54 Å². The highest BCUT2D eigenvalue weighted by atomic mass is 127. The zero-order chi connectivity index (χ0) is 15.8. The highest BCUT2D eigenvalue weighted by molar-refractivity contribution is 14.0. The fourth-order valence-corrected chi connectivity index (χ4v) is 2.22. The van der Waals surface area contributed by atoms with Gasteiger partial charge in [0.25, 0.3) is 0 Å². The number of nitrogens with one attached hydrogen (secondary N) is 3. The van der Waals surface area contributed by atoms with Gasteiger partial charge in [-0.25, -0.2) is 4.99 Å². The molecule has 1 atom stereocenters. The number of benzene rings is 1. The molecule has 1 aromatic carbocycles. The van der Waals surface area contributed by atoms with Crippen LogP contribution >= 0.6 is 24.0 Å². The Bertz CT molecular complexity index is 595. The molecule has 1 unspecified atom stereocenters. The Balaban J connectivity index is 0.00000264. The predicted octanol–water partition coefficient (Wildman–Crippen LogP) is 3.19. The highest BCUT2D eigenvalue weighted by Gasteiger charge is 2.07. The van der Waals surface area contributed by atoms with E-state index < -0.39 is 0 Å². The number of hydrogen-bond donors (Lipinski definition) is 3. The summed E-state index contributed by atoms with van der Waals surface area (Å²) in [5, 5.41) is 13.5. The van der Waals surface area contributed by atoms with Gasteiger partial charge < -0.3 is 10.6 Å². The van der Waals surface area contributed by atoms with Crippen molar-refractivity contribution in [1.82, 2.24) is 20.8 Å². The van der Waals surface area contributed by atoms with E-state index in [1.807, 2.05) is 6.07 Å². The quantitative estimate of drug-likeness (QED) is 0.377. The first-order valence-corrected chi connectivity index (χ1v) is 7.76. The summed E-state index contributed by atoms with van der Waals surface area (Å²) in [6.45, 7) is 8.69. The summed E-state index contributed by atoms with van der Waals surface area (Å²) in [5.41, 5.74) is 3.64. The molecule has 0 saturated carbocycles. The van der Waals surface area contributed by atoms with Crippen LogP contribution in [0, 0.1) is 6.92 Å². The number of aryl methyl sites for hydroxylation is 1. The van der Waals surface area contributed by atoms with Crippen molar-refractivity contribution in [2.75, 3.05) is 13.1 Å². The van der Waals surface area contributed by atoms with E-state index in [9.17, 15) is 0 Å². The van der Waals surface area contributed by atoms with Gasteiger partial charge in [-0.1, -0.05) is 36.8 Å². The lowest BCUT2D eigenvalue weighted by Crippen LogP contribution is -2.39. The minimum absolute atomic E-state index is 0. The summed E-state index contributed by atoms with van der Waals surface area (Å²) in [5.74, 6) is 1.26. The van der Waals surface area contributed by atoms with E-state index >= 15 is 0 Å². The number of H-pyrrole nitrogens is 1. The normalized spacial score (nSPS) is 12.4. The summed E-state index contributed by atoms with van der Waals surface area (Å²) in [7, 11) is 0. The predicted molar refractivity (Wildman–Crippen MR) is 106 cm³/mol. The van der Waals surface area contributed by atoms with Crippen LogP contribution in [0.2, 0.25) is 0 Å². The Morgan fingerprint density at radius 2 is 2.13 bits per heavy atom. The van der Waals surface area contributed by atoms with E-state index in [1.54, 1.807) is 6.20 Å². The molecule has 0 fully saturated rings. The fraction of sp³-hybridized carbons (Fsp3) is 0.412. The molecule has 0 radical (unpaired) electrons. The molecule has 23 heavy (non-hydrogen) atoms. The van der Waals surface area contributed by atoms with Crippen LogP contribution in [0.15, 0.2) is 41.5 Å². The first kappa shape index (κ1) is 19.5. The van der Waals surface area contributed by atoms with Crippen molar-refractivity contribution in [3.63, 3.8) is 0 Å². The molecule has 126 valence electrons. The van der Waals surface area contributed by atoms with E-state index in [1.165, 1.54) is 11.1 Å². The maximum absolute atomic E-state index is 4.56. The Labute approximate surface area is 155 Å². The molecular formula is C17H26IN5. The van der Waals surface area contributed by atoms with Crippen LogP contribution in [0.3, 0.4) is 0 Å². The monoisotopic (exact) mass is 427 g/mol. The molecule has 0 aliphatic heterocycles. The second-order valence-corrected chi connectivity index (χ2v) is 5.47. The van der Waals surface area contributed by atoms with Crippen LogP contribution in [0.5, 0.6) is 0 Å². The number of rotatable bonds is 6. The molecule has 3 N–H and O–H groups in total. The van der Waals surface area contributed by atoms with Gasteiger partial charge in [-0.2, -0.15) is 5.10 Å². The summed E-state index contributed by atoms with van der Waals surface area (Å²) in [6, 6.07) is 10.6. The SMILES string of the molecule is CCNC(=NCc1ccn[nH]1)NCC(C)c1cccc(C)c1.I. The van der Waals surface area contributed by atoms with Gasteiger partial charge in [-0.05, 0) is 31.4 Å². The first-order chi connectivity index (χ1) is 10.7. The second-order valence-electron chi connectivity index (χ2n) is 5.47. The van der Waals surface area contributed by atoms with Gasteiger partial charge in [-0.15, -0.1) is 24.0 Å². The van der Waals surface area contributed by atoms with Crippen molar-refractivity contribution in [3.05, 3.63) is 53.3 Å². The smallest absolute Gasteiger partial charge is 0.191 e. The van der Waals surface area contributed by atoms with Crippen molar-refractivity contribution >= 4 is 29.9 Å². The van der Waals surface area contributed by atoms with E-state index in [4.69, 9.17) is 0 Å². The molecule has 0 amide bonds. The molecule has 6 heteroatoms. The first-order valence-electron chi connectivity index (χ1n) is 7.76. The standard InChI is InChI=1S/C17H25N5.HI/c1-4-18-17(20-12-16-8-9-21-22-16)19-11-14(3)15-7-5-6-13(2)10-15;/h5-10,14H,4,11-12H2,1-3H3,(H,21,22)(H2,18,19,20);1H. The van der Waals surface area contributed by atoms with Crippen LogP contribution in [0.1, 0.15) is 36.6 Å². The minimum Gasteiger partial charge on any atom is -0.357 e. The summed E-state index contributed by atoms with van der Waals surface area (Å²) in [6.07, 6.45) is 1.74. The number of guanidine groups is 1. The van der Waals surface area contributed by atoms with Crippen LogP contribution < -0.4 is 10.6 Å². The van der Waals surface area contributed by atoms with E-state index in [0.29, 0.717) is 12.5 Å². The molecule has 1 heterocycles. The molecule has 5 nitrogen and oxygen atoms in total. The lowest BCUT2D eigenvalue weighted by molar-refractivity contribution is 0.698. The molecule has 2 aromatic rings. The van der Waals surface area contributed by atoms with Crippen LogP contribution in [0.25, 0.3) is 0 Å². The maximum Gasteiger partial charge on any atom is 0.191 e. The van der Waals surface area contributed by atoms with Crippen molar-refractivity contribution < 1.29 is 0 Å². The van der Waals surface area contributed by atoms with Gasteiger partial charge >= 0.3 is 0 Å². The molecule has 2 rings (SSSR count). The van der Waals surface area contributed by atoms with E-state index in [0.717, 1.165) is 24.7 Å². The number of halogens is 1. The average Bonchev–Trinajstić information content (AvgIpc) is 3.03. The summed E-state index contributed by atoms with van der Waals surface area (Å²) < 4.78 is 0. The third kappa shape index (κ3) is 6.60. The number of aromatic amines is 1. The molecular weight excluding hydrogens is 401 g/mol. The largest absolute Gasteiger partial charge is 0.357 e. The van der Waals surface area contributed by atoms with Gasteiger partial charge in [0, 0.05) is 19.3 Å². The Kier molecular flexibility index (Phi) is 8.68. The zero-order valence-corrected chi connectivity index (χ0v) is 16.3. The van der Waals surface area contributed by atoms with E-state index in [-0.39, 0.29) is 24.0 Å². The number of nitrogens with zero attached hydrogens (tertiary/aromatic N) is 2. The fourth-order valence-electron chi connectivity index (χ4n) is 2.22. The van der Waals surface area contributed by atoms with Crippen molar-refractivity contribution in [1.29, 1.82) is 0 Å². The third-order valence-electron chi connectivity index (χ3n) is 3.50. The van der Waals surface area contributed by atoms with Crippen molar-refractivity contribution in [2.45, 2.75) is 33.2 Å².